The summed E-state index contributed by atoms with van der Waals surface area (Å²) in [7, 11) is 0. The molecule has 50 valence electrons. The monoisotopic (exact) mass is 154 g/mol. The summed E-state index contributed by atoms with van der Waals surface area (Å²) in [5.74, 6) is 0. The number of H-pyrrole nitrogens is 1. The minimum atomic E-state index is 0.520. The highest BCUT2D eigenvalue weighted by Gasteiger charge is 2.00. The fourth-order valence-electron chi connectivity index (χ4n) is 0.739. The minimum Gasteiger partial charge on any atom is -0.261 e. The van der Waals surface area contributed by atoms with Crippen LogP contribution in [0.5, 0.6) is 0 Å². The van der Waals surface area contributed by atoms with E-state index in [4.69, 9.17) is 11.6 Å². The molecule has 0 aliphatic heterocycles. The Bertz CT molecular complexity index is 355. The maximum Gasteiger partial charge on any atom is 0.134 e. The number of pyridine rings is 1. The van der Waals surface area contributed by atoms with Crippen molar-refractivity contribution in [3.8, 4) is 0 Å². The molecule has 0 saturated carbocycles. The third kappa shape index (κ3) is 0.657. The van der Waals surface area contributed by atoms with Crippen LogP contribution in [0.3, 0.4) is 0 Å². The Morgan fingerprint density at radius 3 is 3.00 bits per heavy atom. The second-order valence-corrected chi connectivity index (χ2v) is 2.22. The van der Waals surface area contributed by atoms with E-state index in [1.54, 1.807) is 6.20 Å². The van der Waals surface area contributed by atoms with Gasteiger partial charge in [-0.05, 0) is 0 Å². The summed E-state index contributed by atoms with van der Waals surface area (Å²) in [4.78, 5) is 3.83. The van der Waals surface area contributed by atoms with Crippen LogP contribution in [0.2, 0.25) is 5.02 Å². The molecule has 0 spiro atoms. The molecular formula is C5H3ClN4. The molecule has 0 bridgehead atoms. The third-order valence-corrected chi connectivity index (χ3v) is 1.46. The Kier molecular flexibility index (Phi) is 1.07. The topological polar surface area (TPSA) is 54.5 Å². The van der Waals surface area contributed by atoms with E-state index in [-0.39, 0.29) is 0 Å². The zero-order valence-corrected chi connectivity index (χ0v) is 5.63. The number of nitrogens with zero attached hydrogens (tertiary/aromatic N) is 3. The van der Waals surface area contributed by atoms with E-state index in [0.29, 0.717) is 16.1 Å². The van der Waals surface area contributed by atoms with Gasteiger partial charge in [0.15, 0.2) is 0 Å². The van der Waals surface area contributed by atoms with Crippen LogP contribution in [0.25, 0.3) is 11.0 Å². The SMILES string of the molecule is Clc1cncc2n[nH]nc12. The number of halogens is 1. The highest BCUT2D eigenvalue weighted by atomic mass is 35.5. The predicted molar refractivity (Wildman–Crippen MR) is 36.7 cm³/mol. The molecular weight excluding hydrogens is 152 g/mol. The minimum absolute atomic E-state index is 0.520. The first-order chi connectivity index (χ1) is 4.88. The van der Waals surface area contributed by atoms with Crippen molar-refractivity contribution in [2.45, 2.75) is 0 Å². The first-order valence-corrected chi connectivity index (χ1v) is 3.06. The van der Waals surface area contributed by atoms with Gasteiger partial charge in [0.2, 0.25) is 0 Å². The van der Waals surface area contributed by atoms with Crippen LogP contribution < -0.4 is 0 Å². The van der Waals surface area contributed by atoms with E-state index >= 15 is 0 Å². The quantitative estimate of drug-likeness (QED) is 0.616. The highest BCUT2D eigenvalue weighted by molar-refractivity contribution is 6.34. The summed E-state index contributed by atoms with van der Waals surface area (Å²) in [6, 6.07) is 0. The number of fused-ring (bicyclic) bond motifs is 1. The molecule has 5 heteroatoms. The molecule has 0 unspecified atom stereocenters. The number of nitrogens with one attached hydrogen (secondary N) is 1. The fourth-order valence-corrected chi connectivity index (χ4v) is 0.935. The van der Waals surface area contributed by atoms with E-state index < -0.39 is 0 Å². The van der Waals surface area contributed by atoms with Crippen molar-refractivity contribution < 1.29 is 0 Å². The zero-order chi connectivity index (χ0) is 6.97. The molecule has 0 amide bonds. The standard InChI is InChI=1S/C5H3ClN4/c6-3-1-7-2-4-5(3)9-10-8-4/h1-2H,(H,8,9,10). The molecule has 0 aliphatic rings. The largest absolute Gasteiger partial charge is 0.261 e. The van der Waals surface area contributed by atoms with Crippen LogP contribution in [0.1, 0.15) is 0 Å². The van der Waals surface area contributed by atoms with Crippen molar-refractivity contribution >= 4 is 22.6 Å². The zero-order valence-electron chi connectivity index (χ0n) is 4.87. The van der Waals surface area contributed by atoms with Gasteiger partial charge in [-0.3, -0.25) is 4.98 Å². The lowest BCUT2D eigenvalue weighted by atomic mass is 10.4. The van der Waals surface area contributed by atoms with Crippen LogP contribution in [0.15, 0.2) is 12.4 Å². The van der Waals surface area contributed by atoms with Crippen molar-refractivity contribution in [1.82, 2.24) is 20.4 Å². The van der Waals surface area contributed by atoms with Crippen molar-refractivity contribution in [3.63, 3.8) is 0 Å². The van der Waals surface area contributed by atoms with Gasteiger partial charge in [0, 0.05) is 6.20 Å². The average Bonchev–Trinajstić information content (AvgIpc) is 2.36. The number of hydrogen-bond acceptors (Lipinski definition) is 3. The summed E-state index contributed by atoms with van der Waals surface area (Å²) in [5.41, 5.74) is 1.35. The lowest BCUT2D eigenvalue weighted by molar-refractivity contribution is 0.959. The van der Waals surface area contributed by atoms with Gasteiger partial charge in [0.1, 0.15) is 11.0 Å². The number of rotatable bonds is 0. The summed E-state index contributed by atoms with van der Waals surface area (Å²) < 4.78 is 0. The molecule has 0 aliphatic carbocycles. The summed E-state index contributed by atoms with van der Waals surface area (Å²) >= 11 is 5.71. The molecule has 10 heavy (non-hydrogen) atoms. The summed E-state index contributed by atoms with van der Waals surface area (Å²) in [6.45, 7) is 0. The summed E-state index contributed by atoms with van der Waals surface area (Å²) in [5, 5.41) is 10.6. The van der Waals surface area contributed by atoms with E-state index in [0.717, 1.165) is 0 Å². The summed E-state index contributed by atoms with van der Waals surface area (Å²) in [6.07, 6.45) is 3.14. The first kappa shape index (κ1) is 5.61. The normalized spacial score (nSPS) is 10.5. The van der Waals surface area contributed by atoms with E-state index in [1.807, 2.05) is 0 Å². The molecule has 0 atom stereocenters. The van der Waals surface area contributed by atoms with E-state index in [2.05, 4.69) is 20.4 Å². The predicted octanol–water partition coefficient (Wildman–Crippen LogP) is 1.01. The molecule has 0 radical (unpaired) electrons. The van der Waals surface area contributed by atoms with Crippen molar-refractivity contribution in [2.24, 2.45) is 0 Å². The number of hydrogen-bond donors (Lipinski definition) is 1. The van der Waals surface area contributed by atoms with Crippen molar-refractivity contribution in [3.05, 3.63) is 17.4 Å². The van der Waals surface area contributed by atoms with Gasteiger partial charge in [0.05, 0.1) is 11.2 Å². The Labute approximate surface area is 61.2 Å². The first-order valence-electron chi connectivity index (χ1n) is 2.68. The molecule has 0 aromatic carbocycles. The second kappa shape index (κ2) is 1.91. The van der Waals surface area contributed by atoms with Gasteiger partial charge in [-0.25, -0.2) is 0 Å². The smallest absolute Gasteiger partial charge is 0.134 e. The fraction of sp³-hybridized carbons (Fsp3) is 0. The van der Waals surface area contributed by atoms with Gasteiger partial charge < -0.3 is 0 Å². The van der Waals surface area contributed by atoms with Crippen LogP contribution in [0, 0.1) is 0 Å². The molecule has 2 aromatic rings. The Morgan fingerprint density at radius 1 is 1.30 bits per heavy atom. The van der Waals surface area contributed by atoms with Crippen molar-refractivity contribution in [1.29, 1.82) is 0 Å². The molecule has 2 rings (SSSR count). The van der Waals surface area contributed by atoms with Gasteiger partial charge in [-0.15, -0.1) is 0 Å². The lowest BCUT2D eigenvalue weighted by Crippen LogP contribution is -1.73. The molecule has 1 N–H and O–H groups in total. The Balaban J connectivity index is 2.95. The molecule has 0 saturated heterocycles. The van der Waals surface area contributed by atoms with Crippen LogP contribution in [-0.4, -0.2) is 20.4 Å². The van der Waals surface area contributed by atoms with Gasteiger partial charge in [0.25, 0.3) is 0 Å². The van der Waals surface area contributed by atoms with E-state index in [9.17, 15) is 0 Å². The molecule has 2 aromatic heterocycles. The number of aromatic amines is 1. The van der Waals surface area contributed by atoms with Gasteiger partial charge >= 0.3 is 0 Å². The Hall–Kier alpha value is -1.16. The Morgan fingerprint density at radius 2 is 2.20 bits per heavy atom. The maximum atomic E-state index is 5.71. The average molecular weight is 155 g/mol. The molecule has 4 nitrogen and oxygen atoms in total. The second-order valence-electron chi connectivity index (χ2n) is 1.81. The highest BCUT2D eigenvalue weighted by Crippen LogP contribution is 2.15. The van der Waals surface area contributed by atoms with Crippen molar-refractivity contribution in [2.75, 3.05) is 0 Å². The van der Waals surface area contributed by atoms with Crippen LogP contribution in [-0.2, 0) is 0 Å². The van der Waals surface area contributed by atoms with Crippen LogP contribution in [0.4, 0.5) is 0 Å². The lowest BCUT2D eigenvalue weighted by Gasteiger charge is -1.85. The van der Waals surface area contributed by atoms with Gasteiger partial charge in [-0.1, -0.05) is 11.6 Å². The molecule has 2 heterocycles. The van der Waals surface area contributed by atoms with Gasteiger partial charge in [-0.2, -0.15) is 15.4 Å². The van der Waals surface area contributed by atoms with Crippen LogP contribution >= 0.6 is 11.6 Å². The van der Waals surface area contributed by atoms with E-state index in [1.165, 1.54) is 6.20 Å². The maximum absolute atomic E-state index is 5.71. The molecule has 0 fully saturated rings. The number of aromatic nitrogens is 4. The third-order valence-electron chi connectivity index (χ3n) is 1.19.